The summed E-state index contributed by atoms with van der Waals surface area (Å²) < 4.78 is 5.07. The first-order chi connectivity index (χ1) is 7.30. The third kappa shape index (κ3) is 3.61. The zero-order chi connectivity index (χ0) is 11.1. The first-order valence-electron chi connectivity index (χ1n) is 5.03. The predicted octanol–water partition coefficient (Wildman–Crippen LogP) is 2.44. The molecule has 1 N–H and O–H groups in total. The van der Waals surface area contributed by atoms with Gasteiger partial charge in [0, 0.05) is 13.0 Å². The van der Waals surface area contributed by atoms with Crippen LogP contribution in [0.25, 0.3) is 4.85 Å². The monoisotopic (exact) mass is 204 g/mol. The minimum absolute atomic E-state index is 0.0768. The van der Waals surface area contributed by atoms with E-state index in [1.54, 1.807) is 7.11 Å². The number of hydrogen-bond acceptors (Lipinski definition) is 2. The van der Waals surface area contributed by atoms with E-state index >= 15 is 0 Å². The Hall–Kier alpha value is -1.53. The van der Waals surface area contributed by atoms with Gasteiger partial charge in [-0.3, -0.25) is 4.85 Å². The maximum Gasteiger partial charge on any atom is 0.277 e. The van der Waals surface area contributed by atoms with Crippen LogP contribution in [0, 0.1) is 6.57 Å². The molecule has 0 aromatic heterocycles. The molecule has 1 atom stereocenters. The first-order valence-corrected chi connectivity index (χ1v) is 5.03. The lowest BCUT2D eigenvalue weighted by atomic mass is 10.2. The largest absolute Gasteiger partial charge is 0.497 e. The molecule has 0 aliphatic rings. The zero-order valence-electron chi connectivity index (χ0n) is 9.16. The van der Waals surface area contributed by atoms with E-state index in [1.807, 2.05) is 31.2 Å². The van der Waals surface area contributed by atoms with Gasteiger partial charge in [-0.2, -0.15) is 0 Å². The average Bonchev–Trinajstić information content (AvgIpc) is 2.31. The molecule has 3 heteroatoms. The number of benzene rings is 1. The molecular weight excluding hydrogens is 188 g/mol. The number of rotatable bonds is 5. The van der Waals surface area contributed by atoms with Crippen molar-refractivity contribution in [3.63, 3.8) is 0 Å². The van der Waals surface area contributed by atoms with Gasteiger partial charge in [0.05, 0.1) is 7.11 Å². The van der Waals surface area contributed by atoms with Crippen molar-refractivity contribution in [1.29, 1.82) is 0 Å². The minimum Gasteiger partial charge on any atom is -0.497 e. The maximum absolute atomic E-state index is 6.93. The molecule has 0 aliphatic carbocycles. The molecule has 0 fully saturated rings. The minimum atomic E-state index is -0.0768. The maximum atomic E-state index is 6.93. The summed E-state index contributed by atoms with van der Waals surface area (Å²) in [5.41, 5.74) is 1.16. The van der Waals surface area contributed by atoms with E-state index in [2.05, 4.69) is 10.2 Å². The quantitative estimate of drug-likeness (QED) is 0.745. The van der Waals surface area contributed by atoms with Gasteiger partial charge in [0.2, 0.25) is 0 Å². The summed E-state index contributed by atoms with van der Waals surface area (Å²) >= 11 is 0. The molecule has 1 aromatic rings. The molecule has 0 bridgehead atoms. The van der Waals surface area contributed by atoms with Crippen molar-refractivity contribution in [1.82, 2.24) is 5.32 Å². The zero-order valence-corrected chi connectivity index (χ0v) is 9.16. The lowest BCUT2D eigenvalue weighted by molar-refractivity contribution is 0.414. The summed E-state index contributed by atoms with van der Waals surface area (Å²) in [6.07, 6.45) is 0.756. The SMILES string of the molecule is [C-]#[N+]C(CC)NCc1ccc(OC)cc1. The second kappa shape index (κ2) is 6.05. The highest BCUT2D eigenvalue weighted by atomic mass is 16.5. The fourth-order valence-electron chi connectivity index (χ4n) is 1.26. The average molecular weight is 204 g/mol. The van der Waals surface area contributed by atoms with Crippen LogP contribution in [-0.4, -0.2) is 13.3 Å². The summed E-state index contributed by atoms with van der Waals surface area (Å²) in [6, 6.07) is 7.86. The third-order valence-corrected chi connectivity index (χ3v) is 2.24. The van der Waals surface area contributed by atoms with Crippen molar-refractivity contribution in [2.24, 2.45) is 0 Å². The van der Waals surface area contributed by atoms with Crippen LogP contribution in [-0.2, 0) is 6.54 Å². The summed E-state index contributed by atoms with van der Waals surface area (Å²) in [6.45, 7) is 9.66. The molecule has 0 radical (unpaired) electrons. The number of nitrogens with one attached hydrogen (secondary N) is 1. The summed E-state index contributed by atoms with van der Waals surface area (Å²) in [5, 5.41) is 3.18. The lowest BCUT2D eigenvalue weighted by Crippen LogP contribution is -2.24. The van der Waals surface area contributed by atoms with Crippen molar-refractivity contribution < 1.29 is 4.74 Å². The highest BCUT2D eigenvalue weighted by molar-refractivity contribution is 5.27. The second-order valence-corrected chi connectivity index (χ2v) is 3.28. The molecule has 1 aromatic carbocycles. The topological polar surface area (TPSA) is 25.6 Å². The molecule has 3 nitrogen and oxygen atoms in total. The summed E-state index contributed by atoms with van der Waals surface area (Å²) in [5.74, 6) is 0.857. The van der Waals surface area contributed by atoms with E-state index in [0.717, 1.165) is 24.3 Å². The molecule has 0 saturated carbocycles. The Morgan fingerprint density at radius 2 is 2.07 bits per heavy atom. The van der Waals surface area contributed by atoms with E-state index in [0.29, 0.717) is 0 Å². The van der Waals surface area contributed by atoms with Crippen LogP contribution in [0.3, 0.4) is 0 Å². The fraction of sp³-hybridized carbons (Fsp3) is 0.417. The van der Waals surface area contributed by atoms with Crippen molar-refractivity contribution in [3.8, 4) is 5.75 Å². The molecule has 80 valence electrons. The molecule has 0 heterocycles. The number of ether oxygens (including phenoxy) is 1. The van der Waals surface area contributed by atoms with Crippen molar-refractivity contribution in [2.75, 3.05) is 7.11 Å². The van der Waals surface area contributed by atoms with Crippen LogP contribution in [0.4, 0.5) is 0 Å². The number of hydrogen-bond donors (Lipinski definition) is 1. The standard InChI is InChI=1S/C12H16N2O/c1-4-12(13-2)14-9-10-5-7-11(15-3)8-6-10/h5-8,12,14H,4,9H2,1,3H3. The Balaban J connectivity index is 2.48. The first kappa shape index (κ1) is 11.5. The highest BCUT2D eigenvalue weighted by Crippen LogP contribution is 2.11. The van der Waals surface area contributed by atoms with Gasteiger partial charge in [0.1, 0.15) is 5.75 Å². The smallest absolute Gasteiger partial charge is 0.277 e. The van der Waals surface area contributed by atoms with Crippen LogP contribution < -0.4 is 10.1 Å². The normalized spacial score (nSPS) is 11.8. The molecule has 1 unspecified atom stereocenters. The van der Waals surface area contributed by atoms with E-state index in [1.165, 1.54) is 0 Å². The molecule has 0 aliphatic heterocycles. The van der Waals surface area contributed by atoms with Gasteiger partial charge in [0.25, 0.3) is 6.17 Å². The van der Waals surface area contributed by atoms with Crippen LogP contribution in [0.2, 0.25) is 0 Å². The van der Waals surface area contributed by atoms with Gasteiger partial charge < -0.3 is 4.74 Å². The molecule has 15 heavy (non-hydrogen) atoms. The molecule has 0 saturated heterocycles. The van der Waals surface area contributed by atoms with Crippen LogP contribution >= 0.6 is 0 Å². The summed E-state index contributed by atoms with van der Waals surface area (Å²) in [7, 11) is 1.65. The van der Waals surface area contributed by atoms with Crippen molar-refractivity contribution in [2.45, 2.75) is 26.1 Å². The number of nitrogens with zero attached hydrogens (tertiary/aromatic N) is 1. The van der Waals surface area contributed by atoms with Gasteiger partial charge in [-0.1, -0.05) is 19.1 Å². The van der Waals surface area contributed by atoms with Crippen LogP contribution in [0.15, 0.2) is 24.3 Å². The van der Waals surface area contributed by atoms with Gasteiger partial charge in [-0.05, 0) is 17.7 Å². The Morgan fingerprint density at radius 1 is 1.40 bits per heavy atom. The highest BCUT2D eigenvalue weighted by Gasteiger charge is 2.06. The van der Waals surface area contributed by atoms with Crippen molar-refractivity contribution in [3.05, 3.63) is 41.2 Å². The van der Waals surface area contributed by atoms with Gasteiger partial charge >= 0.3 is 0 Å². The van der Waals surface area contributed by atoms with E-state index in [-0.39, 0.29) is 6.17 Å². The number of methoxy groups -OCH3 is 1. The third-order valence-electron chi connectivity index (χ3n) is 2.24. The Kier molecular flexibility index (Phi) is 4.65. The van der Waals surface area contributed by atoms with E-state index in [4.69, 9.17) is 11.3 Å². The van der Waals surface area contributed by atoms with Crippen LogP contribution in [0.1, 0.15) is 18.9 Å². The van der Waals surface area contributed by atoms with Crippen molar-refractivity contribution >= 4 is 0 Å². The molecular formula is C12H16N2O. The predicted molar refractivity (Wildman–Crippen MR) is 60.5 cm³/mol. The second-order valence-electron chi connectivity index (χ2n) is 3.28. The lowest BCUT2D eigenvalue weighted by Gasteiger charge is -2.06. The Bertz CT molecular complexity index is 326. The fourth-order valence-corrected chi connectivity index (χ4v) is 1.26. The van der Waals surface area contributed by atoms with Gasteiger partial charge in [-0.25, -0.2) is 11.9 Å². The summed E-state index contributed by atoms with van der Waals surface area (Å²) in [4.78, 5) is 3.47. The molecule has 1 rings (SSSR count). The van der Waals surface area contributed by atoms with Crippen LogP contribution in [0.5, 0.6) is 5.75 Å². The molecule has 0 spiro atoms. The van der Waals surface area contributed by atoms with Gasteiger partial charge in [-0.15, -0.1) is 0 Å². The van der Waals surface area contributed by atoms with Gasteiger partial charge in [0.15, 0.2) is 0 Å². The Morgan fingerprint density at radius 3 is 2.53 bits per heavy atom. The van der Waals surface area contributed by atoms with E-state index < -0.39 is 0 Å². The Labute approximate surface area is 90.9 Å². The molecule has 0 amide bonds. The van der Waals surface area contributed by atoms with E-state index in [9.17, 15) is 0 Å².